The Balaban J connectivity index is 1.56. The van der Waals surface area contributed by atoms with E-state index in [1.807, 2.05) is 23.6 Å². The molecule has 0 fully saturated rings. The van der Waals surface area contributed by atoms with Gasteiger partial charge in [-0.15, -0.1) is 0 Å². The molecular weight excluding hydrogens is 394 g/mol. The Morgan fingerprint density at radius 1 is 0.964 bits per heavy atom. The molecule has 2 aromatic carbocycles. The van der Waals surface area contributed by atoms with Crippen LogP contribution in [-0.2, 0) is 6.61 Å². The number of hydrazine groups is 1. The first kappa shape index (κ1) is 19.4. The van der Waals surface area contributed by atoms with Gasteiger partial charge in [0.2, 0.25) is 0 Å². The quantitative estimate of drug-likeness (QED) is 0.498. The molecule has 3 aromatic rings. The van der Waals surface area contributed by atoms with E-state index in [0.29, 0.717) is 23.6 Å². The van der Waals surface area contributed by atoms with Gasteiger partial charge < -0.3 is 9.15 Å². The Kier molecular flexibility index (Phi) is 5.90. The predicted molar refractivity (Wildman–Crippen MR) is 95.8 cm³/mol. The molecule has 0 aliphatic heterocycles. The highest BCUT2D eigenvalue weighted by atomic mass is 35.5. The molecule has 0 saturated carbocycles. The Bertz CT molecular complexity index is 1010. The number of nitrogens with one attached hydrogen (secondary N) is 2. The number of hydrogen-bond donors (Lipinski definition) is 2. The van der Waals surface area contributed by atoms with E-state index < -0.39 is 23.4 Å². The number of hydrogen-bond acceptors (Lipinski definition) is 4. The first-order valence-electron chi connectivity index (χ1n) is 7.96. The lowest BCUT2D eigenvalue weighted by molar-refractivity contribution is 0.0828. The zero-order chi connectivity index (χ0) is 20.1. The number of para-hydroxylation sites is 1. The number of carbonyl (C=O) groups is 2. The summed E-state index contributed by atoms with van der Waals surface area (Å²) in [6.07, 6.45) is 0. The molecule has 144 valence electrons. The van der Waals surface area contributed by atoms with Gasteiger partial charge in [-0.3, -0.25) is 20.4 Å². The summed E-state index contributed by atoms with van der Waals surface area (Å²) < 4.78 is 37.1. The molecule has 0 unspecified atom stereocenters. The Labute approximate surface area is 163 Å². The topological polar surface area (TPSA) is 80.6 Å². The van der Waals surface area contributed by atoms with Gasteiger partial charge in [0.15, 0.2) is 17.4 Å². The van der Waals surface area contributed by atoms with Crippen molar-refractivity contribution in [3.63, 3.8) is 0 Å². The molecule has 6 nitrogen and oxygen atoms in total. The van der Waals surface area contributed by atoms with Crippen LogP contribution in [-0.4, -0.2) is 11.8 Å². The molecule has 0 spiro atoms. The second-order valence-electron chi connectivity index (χ2n) is 5.52. The highest BCUT2D eigenvalue weighted by Gasteiger charge is 2.17. The second kappa shape index (κ2) is 8.53. The lowest BCUT2D eigenvalue weighted by atomic mass is 10.2. The van der Waals surface area contributed by atoms with E-state index in [-0.39, 0.29) is 23.0 Å². The van der Waals surface area contributed by atoms with Crippen LogP contribution in [0.25, 0.3) is 0 Å². The van der Waals surface area contributed by atoms with Crippen LogP contribution in [0.5, 0.6) is 5.75 Å². The molecule has 2 N–H and O–H groups in total. The lowest BCUT2D eigenvalue weighted by Crippen LogP contribution is -2.41. The van der Waals surface area contributed by atoms with Crippen LogP contribution in [0, 0.1) is 11.6 Å². The summed E-state index contributed by atoms with van der Waals surface area (Å²) in [4.78, 5) is 24.0. The third-order valence-corrected chi connectivity index (χ3v) is 3.87. The standard InChI is InChI=1S/C19H13ClF2N2O4/c20-14-9-16(22)15(21)8-13(14)18(25)23-24-19(26)17-7-6-12(28-17)10-27-11-4-2-1-3-5-11/h1-9H,10H2,(H,23,25)(H,24,26). The summed E-state index contributed by atoms with van der Waals surface area (Å²) in [7, 11) is 0. The molecule has 28 heavy (non-hydrogen) atoms. The molecule has 2 amide bonds. The molecular formula is C19H13ClF2N2O4. The average molecular weight is 407 g/mol. The van der Waals surface area contributed by atoms with Crippen LogP contribution in [0.4, 0.5) is 8.78 Å². The van der Waals surface area contributed by atoms with Crippen molar-refractivity contribution in [1.82, 2.24) is 10.9 Å². The van der Waals surface area contributed by atoms with Crippen LogP contribution < -0.4 is 15.6 Å². The van der Waals surface area contributed by atoms with E-state index in [9.17, 15) is 18.4 Å². The Hall–Kier alpha value is -3.39. The van der Waals surface area contributed by atoms with Crippen molar-refractivity contribution < 1.29 is 27.5 Å². The van der Waals surface area contributed by atoms with Gasteiger partial charge in [-0.2, -0.15) is 0 Å². The first-order chi connectivity index (χ1) is 13.4. The van der Waals surface area contributed by atoms with Crippen molar-refractivity contribution in [3.8, 4) is 5.75 Å². The summed E-state index contributed by atoms with van der Waals surface area (Å²) in [5, 5.41) is -0.302. The van der Waals surface area contributed by atoms with Crippen molar-refractivity contribution in [2.45, 2.75) is 6.61 Å². The van der Waals surface area contributed by atoms with Gasteiger partial charge in [-0.25, -0.2) is 8.78 Å². The number of furan rings is 1. The number of rotatable bonds is 5. The number of ether oxygens (including phenoxy) is 1. The summed E-state index contributed by atoms with van der Waals surface area (Å²) >= 11 is 5.70. The van der Waals surface area contributed by atoms with Gasteiger partial charge in [0.25, 0.3) is 5.91 Å². The van der Waals surface area contributed by atoms with Gasteiger partial charge in [-0.05, 0) is 36.4 Å². The molecule has 1 heterocycles. The predicted octanol–water partition coefficient (Wildman–Crippen LogP) is 3.87. The highest BCUT2D eigenvalue weighted by Crippen LogP contribution is 2.20. The SMILES string of the molecule is O=C(NNC(=O)c1cc(F)c(F)cc1Cl)c1ccc(COc2ccccc2)o1. The van der Waals surface area contributed by atoms with Crippen molar-refractivity contribution in [3.05, 3.63) is 88.3 Å². The van der Waals surface area contributed by atoms with Crippen molar-refractivity contribution in [1.29, 1.82) is 0 Å². The van der Waals surface area contributed by atoms with E-state index in [0.717, 1.165) is 0 Å². The minimum atomic E-state index is -1.24. The maximum Gasteiger partial charge on any atom is 0.305 e. The summed E-state index contributed by atoms with van der Waals surface area (Å²) in [5.41, 5.74) is 3.81. The summed E-state index contributed by atoms with van der Waals surface area (Å²) in [6, 6.07) is 13.3. The van der Waals surface area contributed by atoms with Crippen LogP contribution in [0.3, 0.4) is 0 Å². The fourth-order valence-corrected chi connectivity index (χ4v) is 2.42. The molecule has 0 atom stereocenters. The number of benzene rings is 2. The zero-order valence-electron chi connectivity index (χ0n) is 14.2. The Morgan fingerprint density at radius 3 is 2.39 bits per heavy atom. The van der Waals surface area contributed by atoms with E-state index in [4.69, 9.17) is 20.8 Å². The highest BCUT2D eigenvalue weighted by molar-refractivity contribution is 6.33. The van der Waals surface area contributed by atoms with Gasteiger partial charge in [0.05, 0.1) is 10.6 Å². The first-order valence-corrected chi connectivity index (χ1v) is 8.33. The minimum Gasteiger partial charge on any atom is -0.486 e. The zero-order valence-corrected chi connectivity index (χ0v) is 14.9. The molecule has 3 rings (SSSR count). The Morgan fingerprint density at radius 2 is 1.64 bits per heavy atom. The molecule has 0 aliphatic carbocycles. The molecule has 0 saturated heterocycles. The number of carbonyl (C=O) groups excluding carboxylic acids is 2. The van der Waals surface area contributed by atoms with Gasteiger partial charge in [0.1, 0.15) is 18.1 Å². The van der Waals surface area contributed by atoms with E-state index in [1.165, 1.54) is 6.07 Å². The van der Waals surface area contributed by atoms with Gasteiger partial charge in [0, 0.05) is 0 Å². The molecule has 0 bridgehead atoms. The number of amides is 2. The van der Waals surface area contributed by atoms with E-state index in [2.05, 4.69) is 5.43 Å². The van der Waals surface area contributed by atoms with Crippen molar-refractivity contribution in [2.24, 2.45) is 0 Å². The van der Waals surface area contributed by atoms with Crippen LogP contribution >= 0.6 is 11.6 Å². The maximum absolute atomic E-state index is 13.3. The largest absolute Gasteiger partial charge is 0.486 e. The fraction of sp³-hybridized carbons (Fsp3) is 0.0526. The molecule has 0 radical (unpaired) electrons. The smallest absolute Gasteiger partial charge is 0.305 e. The van der Waals surface area contributed by atoms with Crippen molar-refractivity contribution in [2.75, 3.05) is 0 Å². The van der Waals surface area contributed by atoms with Crippen molar-refractivity contribution >= 4 is 23.4 Å². The number of halogens is 3. The summed E-state index contributed by atoms with van der Waals surface area (Å²) in [6.45, 7) is 0.105. The van der Waals surface area contributed by atoms with Gasteiger partial charge in [-0.1, -0.05) is 29.8 Å². The summed E-state index contributed by atoms with van der Waals surface area (Å²) in [5.74, 6) is -3.15. The fourth-order valence-electron chi connectivity index (χ4n) is 2.19. The minimum absolute atomic E-state index is 0.0802. The molecule has 1 aromatic heterocycles. The second-order valence-corrected chi connectivity index (χ2v) is 5.93. The molecule has 9 heteroatoms. The van der Waals surface area contributed by atoms with E-state index in [1.54, 1.807) is 18.2 Å². The third-order valence-electron chi connectivity index (χ3n) is 3.55. The average Bonchev–Trinajstić information content (AvgIpc) is 3.17. The van der Waals surface area contributed by atoms with Gasteiger partial charge >= 0.3 is 5.91 Å². The maximum atomic E-state index is 13.3. The molecule has 0 aliphatic rings. The lowest BCUT2D eigenvalue weighted by Gasteiger charge is -2.08. The van der Waals surface area contributed by atoms with E-state index >= 15 is 0 Å². The van der Waals surface area contributed by atoms with Crippen LogP contribution in [0.2, 0.25) is 5.02 Å². The van der Waals surface area contributed by atoms with Crippen LogP contribution in [0.15, 0.2) is 59.0 Å². The normalized spacial score (nSPS) is 10.4. The van der Waals surface area contributed by atoms with Crippen LogP contribution in [0.1, 0.15) is 26.7 Å². The monoisotopic (exact) mass is 406 g/mol. The third kappa shape index (κ3) is 4.66.